The first-order chi connectivity index (χ1) is 13.8. The van der Waals surface area contributed by atoms with E-state index >= 15 is 0 Å². The van der Waals surface area contributed by atoms with E-state index in [0.717, 1.165) is 17.3 Å². The van der Waals surface area contributed by atoms with Crippen molar-refractivity contribution in [1.82, 2.24) is 20.9 Å². The first-order valence-electron chi connectivity index (χ1n) is 8.55. The van der Waals surface area contributed by atoms with Crippen molar-refractivity contribution in [2.75, 3.05) is 14.1 Å². The Morgan fingerprint density at radius 1 is 0.793 bits per heavy atom. The number of amides is 2. The third-order valence-corrected chi connectivity index (χ3v) is 4.86. The maximum atomic E-state index is 12.5. The number of hydrogen-bond donors (Lipinski definition) is 3. The highest BCUT2D eigenvalue weighted by atomic mass is 32.1. The molecule has 0 fully saturated rings. The van der Waals surface area contributed by atoms with Crippen LogP contribution in [0.25, 0.3) is 0 Å². The van der Waals surface area contributed by atoms with Gasteiger partial charge in [-0.3, -0.25) is 30.5 Å². The average molecular weight is 428 g/mol. The van der Waals surface area contributed by atoms with E-state index in [1.165, 1.54) is 10.0 Å². The van der Waals surface area contributed by atoms with E-state index in [4.69, 9.17) is 30.2 Å². The lowest BCUT2D eigenvalue weighted by Gasteiger charge is -2.24. The maximum absolute atomic E-state index is 12.5. The first-order valence-corrected chi connectivity index (χ1v) is 9.37. The summed E-state index contributed by atoms with van der Waals surface area (Å²) in [6.45, 7) is 0. The van der Waals surface area contributed by atoms with E-state index in [1.807, 2.05) is 60.7 Å². The molecule has 2 rings (SSSR count). The molecule has 0 aromatic heterocycles. The van der Waals surface area contributed by atoms with Crippen LogP contribution >= 0.6 is 24.4 Å². The molecule has 0 saturated carbocycles. The number of hydrazine groups is 2. The van der Waals surface area contributed by atoms with Crippen LogP contribution in [0.3, 0.4) is 0 Å². The van der Waals surface area contributed by atoms with Crippen molar-refractivity contribution in [3.63, 3.8) is 0 Å². The second-order valence-electron chi connectivity index (χ2n) is 5.92. The number of nitrogens with zero attached hydrogens (tertiary/aromatic N) is 2. The van der Waals surface area contributed by atoms with E-state index in [1.54, 1.807) is 14.1 Å². The van der Waals surface area contributed by atoms with Crippen molar-refractivity contribution in [2.24, 2.45) is 5.73 Å². The highest BCUT2D eigenvalue weighted by Crippen LogP contribution is 2.06. The lowest BCUT2D eigenvalue weighted by Crippen LogP contribution is -2.49. The van der Waals surface area contributed by atoms with Crippen LogP contribution in [0.15, 0.2) is 72.4 Å². The number of hydrogen-bond acceptors (Lipinski definition) is 5. The normalized spacial score (nSPS) is 9.72. The average Bonchev–Trinajstić information content (AvgIpc) is 2.74. The Labute approximate surface area is 180 Å². The topological polar surface area (TPSA) is 90.7 Å². The second kappa shape index (κ2) is 10.3. The van der Waals surface area contributed by atoms with Gasteiger partial charge in [0.05, 0.1) is 0 Å². The first kappa shape index (κ1) is 22.0. The van der Waals surface area contributed by atoms with Crippen molar-refractivity contribution < 1.29 is 9.59 Å². The van der Waals surface area contributed by atoms with Gasteiger partial charge < -0.3 is 5.73 Å². The predicted molar refractivity (Wildman–Crippen MR) is 120 cm³/mol. The van der Waals surface area contributed by atoms with Crippen molar-refractivity contribution in [1.29, 1.82) is 0 Å². The number of nitrogens with one attached hydrogen (secondary N) is 2. The molecule has 9 heteroatoms. The molecule has 4 N–H and O–H groups in total. The van der Waals surface area contributed by atoms with Crippen LogP contribution in [-0.2, 0) is 9.59 Å². The van der Waals surface area contributed by atoms with Gasteiger partial charge in [0.15, 0.2) is 0 Å². The molecule has 0 radical (unpaired) electrons. The molecule has 0 aliphatic rings. The number of benzene rings is 2. The zero-order valence-corrected chi connectivity index (χ0v) is 17.6. The van der Waals surface area contributed by atoms with Gasteiger partial charge in [0.25, 0.3) is 11.8 Å². The van der Waals surface area contributed by atoms with Crippen LogP contribution < -0.4 is 16.6 Å². The Kier molecular flexibility index (Phi) is 7.81. The van der Waals surface area contributed by atoms with E-state index in [0.29, 0.717) is 9.98 Å². The largest absolute Gasteiger partial charge is 0.404 e. The standard InChI is InChI=1S/C20H21N5O2S2/c1-24(19(28)14-9-5-3-6-10-14)22-17(26)16(13-21)18(27)23-25(2)20(29)15-11-7-4-8-12-15/h3-13H,21H2,1-2H3,(H,22,26)(H,23,27). The molecule has 0 spiro atoms. The smallest absolute Gasteiger partial charge is 0.276 e. The third-order valence-electron chi connectivity index (χ3n) is 3.85. The fourth-order valence-electron chi connectivity index (χ4n) is 2.33. The molecular formula is C20H21N5O2S2. The van der Waals surface area contributed by atoms with E-state index in [-0.39, 0.29) is 5.57 Å². The molecule has 0 heterocycles. The quantitative estimate of drug-likeness (QED) is 0.224. The third kappa shape index (κ3) is 5.84. The summed E-state index contributed by atoms with van der Waals surface area (Å²) >= 11 is 10.7. The lowest BCUT2D eigenvalue weighted by molar-refractivity contribution is -0.126. The summed E-state index contributed by atoms with van der Waals surface area (Å²) in [6.07, 6.45) is 0.934. The molecule has 0 aliphatic carbocycles. The number of nitrogens with two attached hydrogens (primary N) is 1. The summed E-state index contributed by atoms with van der Waals surface area (Å²) in [5.41, 5.74) is 11.8. The van der Waals surface area contributed by atoms with Crippen molar-refractivity contribution >= 4 is 46.2 Å². The van der Waals surface area contributed by atoms with Crippen LogP contribution in [0.4, 0.5) is 0 Å². The van der Waals surface area contributed by atoms with Crippen LogP contribution in [0.2, 0.25) is 0 Å². The summed E-state index contributed by atoms with van der Waals surface area (Å²) in [7, 11) is 3.16. The zero-order chi connectivity index (χ0) is 21.4. The molecule has 150 valence electrons. The molecule has 0 unspecified atom stereocenters. The van der Waals surface area contributed by atoms with Crippen LogP contribution in [0.5, 0.6) is 0 Å². The number of rotatable bonds is 4. The molecule has 2 aromatic rings. The van der Waals surface area contributed by atoms with Gasteiger partial charge in [0, 0.05) is 31.4 Å². The number of thiocarbonyl (C=S) groups is 2. The Hall–Kier alpha value is -3.30. The fraction of sp³-hybridized carbons (Fsp3) is 0.100. The minimum atomic E-state index is -0.704. The van der Waals surface area contributed by atoms with Crippen molar-refractivity contribution in [2.45, 2.75) is 0 Å². The van der Waals surface area contributed by atoms with Gasteiger partial charge in [-0.2, -0.15) is 0 Å². The molecule has 2 amide bonds. The van der Waals surface area contributed by atoms with Gasteiger partial charge in [0.1, 0.15) is 15.6 Å². The summed E-state index contributed by atoms with van der Waals surface area (Å²) in [5, 5.41) is 2.70. The van der Waals surface area contributed by atoms with Crippen molar-refractivity contribution in [3.05, 3.63) is 83.6 Å². The maximum Gasteiger partial charge on any atom is 0.276 e. The number of carbonyl (C=O) groups excluding carboxylic acids is 2. The SMILES string of the molecule is CN(NC(=O)C(=CN)C(=O)NN(C)C(=S)c1ccccc1)C(=S)c1ccccc1. The Morgan fingerprint density at radius 3 is 1.45 bits per heavy atom. The lowest BCUT2D eigenvalue weighted by atomic mass is 10.2. The Bertz CT molecular complexity index is 859. The Morgan fingerprint density at radius 2 is 1.14 bits per heavy atom. The minimum Gasteiger partial charge on any atom is -0.404 e. The van der Waals surface area contributed by atoms with Crippen molar-refractivity contribution in [3.8, 4) is 0 Å². The minimum absolute atomic E-state index is 0.282. The van der Waals surface area contributed by atoms with Crippen LogP contribution in [-0.4, -0.2) is 45.9 Å². The predicted octanol–water partition coefficient (Wildman–Crippen LogP) is 1.51. The molecule has 29 heavy (non-hydrogen) atoms. The molecule has 0 atom stereocenters. The molecule has 2 aromatic carbocycles. The molecule has 0 bridgehead atoms. The van der Waals surface area contributed by atoms with E-state index < -0.39 is 11.8 Å². The second-order valence-corrected chi connectivity index (χ2v) is 6.70. The highest BCUT2D eigenvalue weighted by Gasteiger charge is 2.22. The molecule has 0 aliphatic heterocycles. The highest BCUT2D eigenvalue weighted by molar-refractivity contribution is 7.80. The van der Waals surface area contributed by atoms with Gasteiger partial charge >= 0.3 is 0 Å². The van der Waals surface area contributed by atoms with Gasteiger partial charge in [-0.1, -0.05) is 85.1 Å². The van der Waals surface area contributed by atoms with Gasteiger partial charge in [-0.05, 0) is 0 Å². The van der Waals surface area contributed by atoms with E-state index in [9.17, 15) is 9.59 Å². The van der Waals surface area contributed by atoms with Gasteiger partial charge in [0.2, 0.25) is 0 Å². The van der Waals surface area contributed by atoms with Gasteiger partial charge in [-0.25, -0.2) is 0 Å². The Balaban J connectivity index is 2.00. The monoisotopic (exact) mass is 427 g/mol. The van der Waals surface area contributed by atoms with Crippen LogP contribution in [0, 0.1) is 0 Å². The zero-order valence-electron chi connectivity index (χ0n) is 16.0. The fourth-order valence-corrected chi connectivity index (χ4v) is 2.69. The summed E-state index contributed by atoms with van der Waals surface area (Å²) < 4.78 is 0. The van der Waals surface area contributed by atoms with Crippen LogP contribution in [0.1, 0.15) is 11.1 Å². The number of carbonyl (C=O) groups is 2. The molecular weight excluding hydrogens is 406 g/mol. The van der Waals surface area contributed by atoms with Gasteiger partial charge in [-0.15, -0.1) is 0 Å². The molecule has 7 nitrogen and oxygen atoms in total. The summed E-state index contributed by atoms with van der Waals surface area (Å²) in [4.78, 5) is 25.8. The van der Waals surface area contributed by atoms with E-state index in [2.05, 4.69) is 10.9 Å². The molecule has 0 saturated heterocycles. The summed E-state index contributed by atoms with van der Waals surface area (Å²) in [5.74, 6) is -1.41. The summed E-state index contributed by atoms with van der Waals surface area (Å²) in [6, 6.07) is 18.3.